The van der Waals surface area contributed by atoms with Crippen molar-refractivity contribution in [2.24, 2.45) is 0 Å². The maximum absolute atomic E-state index is 13.7. The Balaban J connectivity index is 1.47. The molecular weight excluding hydrogens is 486 g/mol. The minimum absolute atomic E-state index is 0.140. The highest BCUT2D eigenvalue weighted by Crippen LogP contribution is 2.50. The number of ether oxygens (including phenoxy) is 1. The van der Waals surface area contributed by atoms with Gasteiger partial charge in [-0.25, -0.2) is 9.48 Å². The van der Waals surface area contributed by atoms with Crippen LogP contribution in [0, 0.1) is 6.92 Å². The average molecular weight is 512 g/mol. The van der Waals surface area contributed by atoms with E-state index >= 15 is 0 Å². The second kappa shape index (κ2) is 9.37. The van der Waals surface area contributed by atoms with Crippen molar-refractivity contribution in [3.63, 3.8) is 0 Å². The summed E-state index contributed by atoms with van der Waals surface area (Å²) in [4.78, 5) is 25.9. The fourth-order valence-electron chi connectivity index (χ4n) is 5.39. The minimum Gasteiger partial charge on any atom is -0.482 e. The van der Waals surface area contributed by atoms with Crippen molar-refractivity contribution < 1.29 is 19.4 Å². The van der Waals surface area contributed by atoms with Gasteiger partial charge in [-0.2, -0.15) is 5.10 Å². The zero-order valence-electron chi connectivity index (χ0n) is 20.2. The number of para-hydroxylation sites is 1. The Morgan fingerprint density at radius 3 is 2.59 bits per heavy atom. The van der Waals surface area contributed by atoms with Crippen LogP contribution in [0.15, 0.2) is 83.4 Å². The van der Waals surface area contributed by atoms with Crippen molar-refractivity contribution >= 4 is 28.9 Å². The molecule has 0 fully saturated rings. The third-order valence-electron chi connectivity index (χ3n) is 6.98. The molecule has 0 unspecified atom stereocenters. The number of fused-ring (bicyclic) bond motifs is 1. The van der Waals surface area contributed by atoms with Gasteiger partial charge >= 0.3 is 5.97 Å². The van der Waals surface area contributed by atoms with Gasteiger partial charge in [0.2, 0.25) is 0 Å². The molecule has 7 nitrogen and oxygen atoms in total. The van der Waals surface area contributed by atoms with Crippen LogP contribution in [0.4, 0.5) is 5.82 Å². The summed E-state index contributed by atoms with van der Waals surface area (Å²) in [6.07, 6.45) is 1.22. The van der Waals surface area contributed by atoms with Crippen LogP contribution < -0.4 is 10.1 Å². The molecule has 8 heteroatoms. The average Bonchev–Trinajstić information content (AvgIpc) is 3.56. The number of hydrogen-bond donors (Lipinski definition) is 2. The molecule has 1 aliphatic carbocycles. The molecule has 2 atom stereocenters. The molecule has 2 aromatic heterocycles. The number of nitrogens with zero attached hydrogens (tertiary/aromatic N) is 2. The Hall–Kier alpha value is -4.17. The quantitative estimate of drug-likeness (QED) is 0.347. The smallest absolute Gasteiger partial charge is 0.341 e. The maximum Gasteiger partial charge on any atom is 0.341 e. The molecule has 2 N–H and O–H groups in total. The van der Waals surface area contributed by atoms with E-state index in [1.807, 2.05) is 60.1 Å². The van der Waals surface area contributed by atoms with Gasteiger partial charge in [-0.1, -0.05) is 36.4 Å². The largest absolute Gasteiger partial charge is 0.482 e. The Kier molecular flexibility index (Phi) is 5.88. The first-order chi connectivity index (χ1) is 18.0. The van der Waals surface area contributed by atoms with Gasteiger partial charge in [0.25, 0.3) is 0 Å². The summed E-state index contributed by atoms with van der Waals surface area (Å²) >= 11 is 1.69. The number of thiophene rings is 1. The lowest BCUT2D eigenvalue weighted by molar-refractivity contribution is -0.139. The third kappa shape index (κ3) is 4.23. The summed E-state index contributed by atoms with van der Waals surface area (Å²) in [7, 11) is 0. The molecule has 0 saturated heterocycles. The van der Waals surface area contributed by atoms with E-state index in [0.717, 1.165) is 46.0 Å². The van der Waals surface area contributed by atoms with E-state index < -0.39 is 12.6 Å². The first-order valence-electron chi connectivity index (χ1n) is 12.2. The number of aryl methyl sites for hydroxylation is 1. The fraction of sp³-hybridized carbons (Fsp3) is 0.207. The number of anilines is 1. The number of carbonyl (C=O) groups is 2. The SMILES string of the molecule is Cc1nn(-c2ccccc2)c2c1[C@H](c1ccc(OCC(=O)O)cc1)C1=C(C[C@H](c3cccs3)CC1=O)N2. The van der Waals surface area contributed by atoms with Gasteiger partial charge in [0.1, 0.15) is 11.6 Å². The maximum atomic E-state index is 13.7. The molecule has 1 aliphatic heterocycles. The van der Waals surface area contributed by atoms with E-state index in [4.69, 9.17) is 14.9 Å². The molecule has 4 aromatic rings. The van der Waals surface area contributed by atoms with E-state index in [1.54, 1.807) is 23.5 Å². The number of benzene rings is 2. The van der Waals surface area contributed by atoms with Crippen LogP contribution in [0.25, 0.3) is 5.69 Å². The van der Waals surface area contributed by atoms with Crippen LogP contribution in [0.5, 0.6) is 5.75 Å². The number of hydrogen-bond acceptors (Lipinski definition) is 6. The topological polar surface area (TPSA) is 93.5 Å². The summed E-state index contributed by atoms with van der Waals surface area (Å²) < 4.78 is 7.26. The standard InChI is InChI=1S/C29H25N3O4S/c1-17-26-27(18-9-11-21(12-10-18)36-16-25(34)35)28-22(14-19(15-23(28)33)24-8-5-13-37-24)30-29(26)32(31-17)20-6-3-2-4-7-20/h2-13,19,27,30H,14-16H2,1H3,(H,34,35)/t19-,27-/m0/s1. The highest BCUT2D eigenvalue weighted by atomic mass is 32.1. The molecule has 2 aliphatic rings. The summed E-state index contributed by atoms with van der Waals surface area (Å²) in [5.74, 6) is 0.313. The zero-order chi connectivity index (χ0) is 25.5. The van der Waals surface area contributed by atoms with E-state index in [9.17, 15) is 9.59 Å². The molecule has 0 spiro atoms. The van der Waals surface area contributed by atoms with Crippen molar-refractivity contribution in [1.29, 1.82) is 0 Å². The van der Waals surface area contributed by atoms with Crippen molar-refractivity contribution in [3.8, 4) is 11.4 Å². The Bertz CT molecular complexity index is 1500. The van der Waals surface area contributed by atoms with Crippen LogP contribution in [0.2, 0.25) is 0 Å². The van der Waals surface area contributed by atoms with E-state index in [1.165, 1.54) is 4.88 Å². The summed E-state index contributed by atoms with van der Waals surface area (Å²) in [6, 6.07) is 21.5. The monoisotopic (exact) mass is 511 g/mol. The van der Waals surface area contributed by atoms with Gasteiger partial charge in [0.05, 0.1) is 11.4 Å². The van der Waals surface area contributed by atoms with Crippen LogP contribution in [0.1, 0.15) is 46.4 Å². The number of aromatic nitrogens is 2. The van der Waals surface area contributed by atoms with Crippen molar-refractivity contribution in [2.45, 2.75) is 31.6 Å². The lowest BCUT2D eigenvalue weighted by atomic mass is 9.73. The number of rotatable bonds is 6. The van der Waals surface area contributed by atoms with Crippen LogP contribution >= 0.6 is 11.3 Å². The molecule has 0 radical (unpaired) electrons. The number of nitrogens with one attached hydrogen (secondary N) is 1. The van der Waals surface area contributed by atoms with E-state index in [-0.39, 0.29) is 17.6 Å². The number of allylic oxidation sites excluding steroid dienone is 2. The molecule has 3 heterocycles. The highest BCUT2D eigenvalue weighted by Gasteiger charge is 2.41. The molecule has 186 valence electrons. The number of aliphatic carboxylic acids is 1. The number of ketones is 1. The molecule has 0 bridgehead atoms. The van der Waals surface area contributed by atoms with Crippen LogP contribution in [0.3, 0.4) is 0 Å². The lowest BCUT2D eigenvalue weighted by Crippen LogP contribution is -2.30. The van der Waals surface area contributed by atoms with Gasteiger partial charge in [0.15, 0.2) is 12.4 Å². The molecule has 37 heavy (non-hydrogen) atoms. The number of Topliss-reactive ketones (excluding diaryl/α,β-unsaturated/α-hetero) is 1. The third-order valence-corrected chi connectivity index (χ3v) is 8.02. The predicted octanol–water partition coefficient (Wildman–Crippen LogP) is 5.66. The normalized spacial score (nSPS) is 18.7. The van der Waals surface area contributed by atoms with Gasteiger partial charge in [-0.05, 0) is 54.6 Å². The second-order valence-corrected chi connectivity index (χ2v) is 10.3. The van der Waals surface area contributed by atoms with E-state index in [0.29, 0.717) is 12.2 Å². The molecule has 2 aromatic carbocycles. The summed E-state index contributed by atoms with van der Waals surface area (Å²) in [6.45, 7) is 1.57. The summed E-state index contributed by atoms with van der Waals surface area (Å²) in [5, 5.41) is 19.5. The van der Waals surface area contributed by atoms with Gasteiger partial charge in [0, 0.05) is 40.0 Å². The lowest BCUT2D eigenvalue weighted by Gasteiger charge is -2.35. The zero-order valence-corrected chi connectivity index (χ0v) is 21.0. The van der Waals surface area contributed by atoms with Gasteiger partial charge < -0.3 is 15.2 Å². The fourth-order valence-corrected chi connectivity index (χ4v) is 6.22. The van der Waals surface area contributed by atoms with E-state index in [2.05, 4.69) is 16.8 Å². The highest BCUT2D eigenvalue weighted by molar-refractivity contribution is 7.10. The Morgan fingerprint density at radius 2 is 1.89 bits per heavy atom. The predicted molar refractivity (Wildman–Crippen MR) is 142 cm³/mol. The van der Waals surface area contributed by atoms with Crippen LogP contribution in [-0.4, -0.2) is 33.2 Å². The van der Waals surface area contributed by atoms with Gasteiger partial charge in [-0.15, -0.1) is 11.3 Å². The van der Waals surface area contributed by atoms with Crippen molar-refractivity contribution in [2.75, 3.05) is 11.9 Å². The number of carbonyl (C=O) groups excluding carboxylic acids is 1. The molecule has 6 rings (SSSR count). The number of carboxylic acids is 1. The van der Waals surface area contributed by atoms with Crippen molar-refractivity contribution in [3.05, 3.63) is 105 Å². The molecule has 0 amide bonds. The first-order valence-corrected chi connectivity index (χ1v) is 13.0. The van der Waals surface area contributed by atoms with Gasteiger partial charge in [-0.3, -0.25) is 4.79 Å². The minimum atomic E-state index is -1.03. The molecular formula is C29H25N3O4S. The number of carboxylic acid groups (broad SMARTS) is 1. The first kappa shape index (κ1) is 23.2. The molecule has 0 saturated carbocycles. The Labute approximate surface area is 218 Å². The second-order valence-electron chi connectivity index (χ2n) is 9.34. The van der Waals surface area contributed by atoms with Crippen LogP contribution in [-0.2, 0) is 9.59 Å². The van der Waals surface area contributed by atoms with Crippen molar-refractivity contribution in [1.82, 2.24) is 9.78 Å². The Morgan fingerprint density at radius 1 is 1.11 bits per heavy atom. The summed E-state index contributed by atoms with van der Waals surface area (Å²) in [5.41, 5.74) is 5.44.